The Morgan fingerprint density at radius 1 is 1.21 bits per heavy atom. The van der Waals surface area contributed by atoms with Gasteiger partial charge in [0.1, 0.15) is 5.75 Å². The first kappa shape index (κ1) is 20.2. The number of carbonyl (C=O) groups excluding carboxylic acids is 1. The van der Waals surface area contributed by atoms with Gasteiger partial charge in [0, 0.05) is 25.3 Å². The van der Waals surface area contributed by atoms with E-state index in [1.165, 1.54) is 27.9 Å². The fourth-order valence-corrected chi connectivity index (χ4v) is 4.27. The zero-order valence-corrected chi connectivity index (χ0v) is 17.7. The van der Waals surface area contributed by atoms with Gasteiger partial charge in [0.2, 0.25) is 0 Å². The highest BCUT2D eigenvalue weighted by Gasteiger charge is 2.29. The van der Waals surface area contributed by atoms with Crippen molar-refractivity contribution in [2.75, 3.05) is 24.5 Å². The Hall–Kier alpha value is -2.49. The van der Waals surface area contributed by atoms with Crippen LogP contribution in [0.5, 0.6) is 5.75 Å². The molecule has 4 nitrogen and oxygen atoms in total. The number of aryl methyl sites for hydroxylation is 2. The van der Waals surface area contributed by atoms with E-state index in [2.05, 4.69) is 50.9 Å². The summed E-state index contributed by atoms with van der Waals surface area (Å²) in [6.07, 6.45) is 2.02. The second kappa shape index (κ2) is 7.86. The van der Waals surface area contributed by atoms with Crippen LogP contribution in [0.4, 0.5) is 5.69 Å². The summed E-state index contributed by atoms with van der Waals surface area (Å²) >= 11 is 0. The van der Waals surface area contributed by atoms with Crippen molar-refractivity contribution in [3.8, 4) is 5.75 Å². The minimum Gasteiger partial charge on any atom is -0.507 e. The summed E-state index contributed by atoms with van der Waals surface area (Å²) in [7, 11) is 0. The van der Waals surface area contributed by atoms with Crippen molar-refractivity contribution in [3.05, 3.63) is 58.1 Å². The molecule has 3 rings (SSSR count). The average Bonchev–Trinajstić information content (AvgIpc) is 3.08. The first-order valence-electron chi connectivity index (χ1n) is 10.2. The molecule has 28 heavy (non-hydrogen) atoms. The van der Waals surface area contributed by atoms with Gasteiger partial charge in [-0.05, 0) is 73.4 Å². The van der Waals surface area contributed by atoms with Crippen LogP contribution in [-0.2, 0) is 12.8 Å². The fraction of sp³-hybridized carbons (Fsp3) is 0.458. The number of nitrogens with one attached hydrogen (secondary N) is 1. The molecule has 0 unspecified atom stereocenters. The maximum absolute atomic E-state index is 12.5. The summed E-state index contributed by atoms with van der Waals surface area (Å²) in [5.74, 6) is -0.212. The number of likely N-dealkylation sites (N-methyl/N-ethyl adjacent to an activating group) is 1. The first-order chi connectivity index (χ1) is 13.2. The Balaban J connectivity index is 1.79. The average molecular weight is 381 g/mol. The molecule has 0 saturated heterocycles. The van der Waals surface area contributed by atoms with E-state index in [9.17, 15) is 9.90 Å². The van der Waals surface area contributed by atoms with Gasteiger partial charge in [0.25, 0.3) is 5.91 Å². The highest BCUT2D eigenvalue weighted by atomic mass is 16.3. The Morgan fingerprint density at radius 2 is 1.93 bits per heavy atom. The fourth-order valence-electron chi connectivity index (χ4n) is 4.27. The highest BCUT2D eigenvalue weighted by Crippen LogP contribution is 2.39. The van der Waals surface area contributed by atoms with Gasteiger partial charge in [-0.2, -0.15) is 0 Å². The minimum absolute atomic E-state index is 0.0172. The van der Waals surface area contributed by atoms with E-state index in [0.29, 0.717) is 12.1 Å². The van der Waals surface area contributed by atoms with Crippen molar-refractivity contribution < 1.29 is 9.90 Å². The standard InChI is InChI=1S/C24H32N2O2/c1-6-26-12-11-18-16(2)13-17(3)20(22(18)26)14-24(4,5)15-25-23(28)19-9-7-8-10-21(19)27/h7-10,13,27H,6,11-12,14-15H2,1-5H3,(H,25,28). The second-order valence-electron chi connectivity index (χ2n) is 8.69. The number of amides is 1. The number of phenolic OH excluding ortho intramolecular Hbond substituents is 1. The van der Waals surface area contributed by atoms with Gasteiger partial charge in [0.05, 0.1) is 5.56 Å². The van der Waals surface area contributed by atoms with Gasteiger partial charge in [0.15, 0.2) is 0 Å². The zero-order chi connectivity index (χ0) is 20.5. The number of para-hydroxylation sites is 1. The van der Waals surface area contributed by atoms with Gasteiger partial charge < -0.3 is 15.3 Å². The van der Waals surface area contributed by atoms with E-state index in [4.69, 9.17) is 0 Å². The number of hydrogen-bond donors (Lipinski definition) is 2. The maximum Gasteiger partial charge on any atom is 0.255 e. The van der Waals surface area contributed by atoms with E-state index in [1.807, 2.05) is 0 Å². The first-order valence-corrected chi connectivity index (χ1v) is 10.2. The van der Waals surface area contributed by atoms with Crippen LogP contribution >= 0.6 is 0 Å². The van der Waals surface area contributed by atoms with Gasteiger partial charge in [-0.25, -0.2) is 0 Å². The Bertz CT molecular complexity index is 886. The van der Waals surface area contributed by atoms with Crippen LogP contribution in [0.1, 0.15) is 53.4 Å². The summed E-state index contributed by atoms with van der Waals surface area (Å²) in [4.78, 5) is 15.0. The van der Waals surface area contributed by atoms with Crippen LogP contribution in [-0.4, -0.2) is 30.6 Å². The van der Waals surface area contributed by atoms with E-state index < -0.39 is 0 Å². The maximum atomic E-state index is 12.5. The summed E-state index contributed by atoms with van der Waals surface area (Å²) in [6, 6.07) is 8.98. The van der Waals surface area contributed by atoms with Gasteiger partial charge in [-0.15, -0.1) is 0 Å². The third-order valence-corrected chi connectivity index (χ3v) is 5.82. The van der Waals surface area contributed by atoms with E-state index >= 15 is 0 Å². The topological polar surface area (TPSA) is 52.6 Å². The number of aromatic hydroxyl groups is 1. The smallest absolute Gasteiger partial charge is 0.255 e. The molecular formula is C24H32N2O2. The van der Waals surface area contributed by atoms with Gasteiger partial charge in [-0.1, -0.05) is 32.0 Å². The number of anilines is 1. The van der Waals surface area contributed by atoms with Crippen molar-refractivity contribution >= 4 is 11.6 Å². The molecule has 2 aromatic rings. The summed E-state index contributed by atoms with van der Waals surface area (Å²) in [6.45, 7) is 13.7. The molecule has 0 radical (unpaired) electrons. The lowest BCUT2D eigenvalue weighted by Gasteiger charge is -2.30. The van der Waals surface area contributed by atoms with Crippen LogP contribution in [0.2, 0.25) is 0 Å². The normalized spacial score (nSPS) is 13.5. The largest absolute Gasteiger partial charge is 0.507 e. The molecule has 0 bridgehead atoms. The van der Waals surface area contributed by atoms with E-state index in [1.54, 1.807) is 24.3 Å². The lowest BCUT2D eigenvalue weighted by Crippen LogP contribution is -2.35. The van der Waals surface area contributed by atoms with Crippen molar-refractivity contribution in [3.63, 3.8) is 0 Å². The number of fused-ring (bicyclic) bond motifs is 1. The molecule has 1 aliphatic rings. The zero-order valence-electron chi connectivity index (χ0n) is 17.7. The van der Waals surface area contributed by atoms with Crippen LogP contribution in [0.25, 0.3) is 0 Å². The molecule has 0 atom stereocenters. The molecule has 0 aliphatic carbocycles. The molecule has 2 aromatic carbocycles. The SMILES string of the molecule is CCN1CCc2c(C)cc(C)c(CC(C)(C)CNC(=O)c3ccccc3O)c21. The molecule has 0 saturated carbocycles. The van der Waals surface area contributed by atoms with E-state index in [0.717, 1.165) is 25.9 Å². The lowest BCUT2D eigenvalue weighted by molar-refractivity contribution is 0.0933. The quantitative estimate of drug-likeness (QED) is 0.781. The predicted molar refractivity (Wildman–Crippen MR) is 115 cm³/mol. The third kappa shape index (κ3) is 4.01. The third-order valence-electron chi connectivity index (χ3n) is 5.82. The predicted octanol–water partition coefficient (Wildman–Crippen LogP) is 4.39. The molecule has 1 aliphatic heterocycles. The molecule has 0 aromatic heterocycles. The minimum atomic E-state index is -0.229. The van der Waals surface area contributed by atoms with Gasteiger partial charge >= 0.3 is 0 Å². The van der Waals surface area contributed by atoms with Crippen molar-refractivity contribution in [2.24, 2.45) is 5.41 Å². The molecule has 1 amide bonds. The summed E-state index contributed by atoms with van der Waals surface area (Å²) in [5, 5.41) is 12.9. The van der Waals surface area contributed by atoms with Crippen molar-refractivity contribution in [1.82, 2.24) is 5.32 Å². The van der Waals surface area contributed by atoms with Crippen LogP contribution in [0.15, 0.2) is 30.3 Å². The number of nitrogens with zero attached hydrogens (tertiary/aromatic N) is 1. The Morgan fingerprint density at radius 3 is 2.61 bits per heavy atom. The molecule has 0 spiro atoms. The molecular weight excluding hydrogens is 348 g/mol. The van der Waals surface area contributed by atoms with E-state index in [-0.39, 0.29) is 17.1 Å². The van der Waals surface area contributed by atoms with Crippen LogP contribution in [0, 0.1) is 19.3 Å². The number of benzene rings is 2. The lowest BCUT2D eigenvalue weighted by atomic mass is 9.82. The molecule has 150 valence electrons. The Labute approximate surface area is 168 Å². The molecule has 1 heterocycles. The molecule has 0 fully saturated rings. The molecule has 4 heteroatoms. The van der Waals surface area contributed by atoms with Crippen LogP contribution in [0.3, 0.4) is 0 Å². The van der Waals surface area contributed by atoms with Crippen molar-refractivity contribution in [2.45, 2.75) is 47.5 Å². The van der Waals surface area contributed by atoms with Crippen LogP contribution < -0.4 is 10.2 Å². The second-order valence-corrected chi connectivity index (χ2v) is 8.69. The Kier molecular flexibility index (Phi) is 5.69. The number of rotatable bonds is 6. The number of carbonyl (C=O) groups is 1. The number of hydrogen-bond acceptors (Lipinski definition) is 3. The number of phenols is 1. The summed E-state index contributed by atoms with van der Waals surface area (Å²) < 4.78 is 0. The van der Waals surface area contributed by atoms with Crippen molar-refractivity contribution in [1.29, 1.82) is 0 Å². The van der Waals surface area contributed by atoms with Gasteiger partial charge in [-0.3, -0.25) is 4.79 Å². The monoisotopic (exact) mass is 380 g/mol. The molecule has 2 N–H and O–H groups in total. The highest BCUT2D eigenvalue weighted by molar-refractivity contribution is 5.96. The summed E-state index contributed by atoms with van der Waals surface area (Å²) in [5.41, 5.74) is 7.24.